The van der Waals surface area contributed by atoms with Crippen LogP contribution < -0.4 is 20.7 Å². The predicted octanol–water partition coefficient (Wildman–Crippen LogP) is 4.33. The fraction of sp³-hybridized carbons (Fsp3) is 0.120. The average Bonchev–Trinajstić information content (AvgIpc) is 2.85. The maximum atomic E-state index is 12.4. The molecule has 0 bridgehead atoms. The van der Waals surface area contributed by atoms with Gasteiger partial charge in [0, 0.05) is 16.7 Å². The fourth-order valence-electron chi connectivity index (χ4n) is 2.78. The maximum Gasteiger partial charge on any atom is 0.413 e. The summed E-state index contributed by atoms with van der Waals surface area (Å²) in [6, 6.07) is 23.8. The van der Waals surface area contributed by atoms with E-state index in [1.807, 2.05) is 42.5 Å². The second-order valence-corrected chi connectivity index (χ2v) is 8.15. The molecule has 0 aliphatic carbocycles. The first-order valence-electron chi connectivity index (χ1n) is 10.5. The number of aliphatic imine (C=N–C) groups is 1. The number of amides is 3. The van der Waals surface area contributed by atoms with Crippen LogP contribution in [0.25, 0.3) is 0 Å². The van der Waals surface area contributed by atoms with Crippen LogP contribution in [0, 0.1) is 0 Å². The highest BCUT2D eigenvalue weighted by Gasteiger charge is 2.14. The molecule has 0 aliphatic rings. The molecule has 180 valence electrons. The highest BCUT2D eigenvalue weighted by atomic mass is 32.2. The molecule has 9 nitrogen and oxygen atoms in total. The predicted molar refractivity (Wildman–Crippen MR) is 134 cm³/mol. The lowest BCUT2D eigenvalue weighted by Gasteiger charge is -2.13. The summed E-state index contributed by atoms with van der Waals surface area (Å²) >= 11 is 1.51. The van der Waals surface area contributed by atoms with Gasteiger partial charge in [0.25, 0.3) is 5.91 Å². The number of carbonyl (C=O) groups excluding carboxylic acids is 3. The van der Waals surface area contributed by atoms with Crippen LogP contribution in [0.5, 0.6) is 5.75 Å². The number of para-hydroxylation sites is 1. The van der Waals surface area contributed by atoms with Crippen LogP contribution >= 0.6 is 11.8 Å². The van der Waals surface area contributed by atoms with Crippen LogP contribution in [-0.2, 0) is 14.3 Å². The summed E-state index contributed by atoms with van der Waals surface area (Å²) in [6.07, 6.45) is -0.828. The van der Waals surface area contributed by atoms with Gasteiger partial charge >= 0.3 is 6.09 Å². The molecule has 0 atom stereocenters. The number of nitrogens with zero attached hydrogens (tertiary/aromatic N) is 1. The van der Waals surface area contributed by atoms with Crippen molar-refractivity contribution in [2.24, 2.45) is 4.99 Å². The van der Waals surface area contributed by atoms with Gasteiger partial charge in [-0.15, -0.1) is 0 Å². The molecule has 0 saturated carbocycles. The number of rotatable bonds is 7. The largest absolute Gasteiger partial charge is 0.484 e. The molecule has 0 unspecified atom stereocenters. The zero-order valence-electron chi connectivity index (χ0n) is 19.1. The molecule has 0 aromatic heterocycles. The molecule has 0 spiro atoms. The van der Waals surface area contributed by atoms with Gasteiger partial charge in [0.2, 0.25) is 11.9 Å². The van der Waals surface area contributed by atoms with Crippen molar-refractivity contribution in [1.29, 1.82) is 0 Å². The van der Waals surface area contributed by atoms with Crippen LogP contribution in [0.1, 0.15) is 6.92 Å². The summed E-state index contributed by atoms with van der Waals surface area (Å²) in [5.41, 5.74) is 0.714. The molecule has 0 saturated heterocycles. The van der Waals surface area contributed by atoms with Gasteiger partial charge in [-0.25, -0.2) is 9.79 Å². The molecule has 3 rings (SSSR count). The number of hydrogen-bond donors (Lipinski definition) is 3. The molecule has 3 N–H and O–H groups in total. The van der Waals surface area contributed by atoms with Crippen molar-refractivity contribution in [1.82, 2.24) is 10.6 Å². The number of alkyl carbamates (subject to hydrolysis) is 1. The number of ether oxygens (including phenoxy) is 2. The lowest BCUT2D eigenvalue weighted by molar-refractivity contribution is -0.121. The van der Waals surface area contributed by atoms with E-state index in [1.54, 1.807) is 36.4 Å². The number of nitrogens with one attached hydrogen (secondary N) is 3. The molecule has 0 heterocycles. The average molecular weight is 493 g/mol. The number of carbonyl (C=O) groups is 3. The Kier molecular flexibility index (Phi) is 9.26. The molecule has 35 heavy (non-hydrogen) atoms. The third kappa shape index (κ3) is 8.52. The van der Waals surface area contributed by atoms with E-state index in [4.69, 9.17) is 4.74 Å². The van der Waals surface area contributed by atoms with Gasteiger partial charge in [-0.2, -0.15) is 0 Å². The Bertz CT molecular complexity index is 1200. The molecular formula is C25H24N4O5S. The number of benzene rings is 3. The first kappa shape index (κ1) is 25.3. The number of hydrogen-bond acceptors (Lipinski definition) is 7. The van der Waals surface area contributed by atoms with Gasteiger partial charge < -0.3 is 14.8 Å². The van der Waals surface area contributed by atoms with Gasteiger partial charge in [-0.3, -0.25) is 20.2 Å². The number of anilines is 1. The first-order valence-corrected chi connectivity index (χ1v) is 11.3. The van der Waals surface area contributed by atoms with Gasteiger partial charge in [-0.05, 0) is 42.5 Å². The van der Waals surface area contributed by atoms with Crippen molar-refractivity contribution in [3.8, 4) is 5.75 Å². The van der Waals surface area contributed by atoms with E-state index >= 15 is 0 Å². The quantitative estimate of drug-likeness (QED) is 0.334. The number of methoxy groups -OCH3 is 1. The lowest BCUT2D eigenvalue weighted by atomic mass is 10.2. The molecule has 10 heteroatoms. The van der Waals surface area contributed by atoms with Crippen LogP contribution in [0.15, 0.2) is 93.6 Å². The highest BCUT2D eigenvalue weighted by Crippen LogP contribution is 2.34. The Morgan fingerprint density at radius 2 is 1.57 bits per heavy atom. The SMILES string of the molecule is COC(=O)NC(=Nc1ccc(Sc2ccccc2)cc1NC(C)=O)NC(=O)COc1ccccc1. The summed E-state index contributed by atoms with van der Waals surface area (Å²) < 4.78 is 10.1. The minimum Gasteiger partial charge on any atom is -0.484 e. The van der Waals surface area contributed by atoms with Crippen LogP contribution in [0.3, 0.4) is 0 Å². The second-order valence-electron chi connectivity index (χ2n) is 7.00. The molecule has 0 radical (unpaired) electrons. The second kappa shape index (κ2) is 12.8. The Hall–Kier alpha value is -4.31. The Balaban J connectivity index is 1.83. The van der Waals surface area contributed by atoms with Gasteiger partial charge in [0.15, 0.2) is 6.61 Å². The standard InChI is InChI=1S/C25H24N4O5S/c1-17(30)26-22-15-20(35-19-11-7-4-8-12-19)13-14-21(22)27-24(29-25(32)33-2)28-23(31)16-34-18-9-5-3-6-10-18/h3-15H,16H2,1-2H3,(H,26,30)(H2,27,28,29,31,32). The van der Waals surface area contributed by atoms with Crippen molar-refractivity contribution in [2.45, 2.75) is 16.7 Å². The Labute approximate surface area is 206 Å². The normalized spacial score (nSPS) is 10.7. The summed E-state index contributed by atoms with van der Waals surface area (Å²) in [4.78, 5) is 42.3. The zero-order chi connectivity index (χ0) is 25.0. The van der Waals surface area contributed by atoms with Gasteiger partial charge in [0.05, 0.1) is 18.5 Å². The summed E-state index contributed by atoms with van der Waals surface area (Å²) in [5.74, 6) is -0.525. The van der Waals surface area contributed by atoms with Crippen molar-refractivity contribution in [3.63, 3.8) is 0 Å². The van der Waals surface area contributed by atoms with E-state index in [9.17, 15) is 14.4 Å². The van der Waals surface area contributed by atoms with E-state index in [1.165, 1.54) is 25.8 Å². The smallest absolute Gasteiger partial charge is 0.413 e. The monoisotopic (exact) mass is 492 g/mol. The molecule has 0 aliphatic heterocycles. The maximum absolute atomic E-state index is 12.4. The zero-order valence-corrected chi connectivity index (χ0v) is 19.9. The van der Waals surface area contributed by atoms with Gasteiger partial charge in [0.1, 0.15) is 5.75 Å². The minimum absolute atomic E-state index is 0.187. The summed E-state index contributed by atoms with van der Waals surface area (Å²) in [5, 5.41) is 7.59. The molecular weight excluding hydrogens is 468 g/mol. The highest BCUT2D eigenvalue weighted by molar-refractivity contribution is 7.99. The van der Waals surface area contributed by atoms with Crippen molar-refractivity contribution < 1.29 is 23.9 Å². The van der Waals surface area contributed by atoms with E-state index < -0.39 is 12.0 Å². The van der Waals surface area contributed by atoms with E-state index in [2.05, 4.69) is 25.7 Å². The summed E-state index contributed by atoms with van der Waals surface area (Å²) in [6.45, 7) is 1.07. The van der Waals surface area contributed by atoms with Crippen molar-refractivity contribution in [3.05, 3.63) is 78.9 Å². The van der Waals surface area contributed by atoms with Crippen LogP contribution in [0.4, 0.5) is 16.2 Å². The minimum atomic E-state index is -0.828. The number of guanidine groups is 1. The molecule has 0 fully saturated rings. The van der Waals surface area contributed by atoms with E-state index in [0.29, 0.717) is 17.1 Å². The van der Waals surface area contributed by atoms with Crippen molar-refractivity contribution in [2.75, 3.05) is 19.0 Å². The Morgan fingerprint density at radius 3 is 2.23 bits per heavy atom. The molecule has 3 aromatic rings. The Morgan fingerprint density at radius 1 is 0.886 bits per heavy atom. The topological polar surface area (TPSA) is 118 Å². The molecule has 3 amide bonds. The lowest BCUT2D eigenvalue weighted by Crippen LogP contribution is -2.45. The third-order valence-electron chi connectivity index (χ3n) is 4.27. The van der Waals surface area contributed by atoms with E-state index in [-0.39, 0.29) is 18.5 Å². The summed E-state index contributed by atoms with van der Waals surface area (Å²) in [7, 11) is 1.19. The van der Waals surface area contributed by atoms with E-state index in [0.717, 1.165) is 9.79 Å². The third-order valence-corrected chi connectivity index (χ3v) is 5.26. The first-order chi connectivity index (χ1) is 16.9. The van der Waals surface area contributed by atoms with Crippen LogP contribution in [0.2, 0.25) is 0 Å². The molecule has 3 aromatic carbocycles. The van der Waals surface area contributed by atoms with Gasteiger partial charge in [-0.1, -0.05) is 48.2 Å². The van der Waals surface area contributed by atoms with Crippen molar-refractivity contribution >= 4 is 47.0 Å². The van der Waals surface area contributed by atoms with Crippen LogP contribution in [-0.4, -0.2) is 37.6 Å². The fourth-order valence-corrected chi connectivity index (χ4v) is 3.66.